The average Bonchev–Trinajstić information content (AvgIpc) is 2.30. The van der Waals surface area contributed by atoms with Crippen molar-refractivity contribution in [1.29, 1.82) is 0 Å². The van der Waals surface area contributed by atoms with Crippen molar-refractivity contribution in [2.45, 2.75) is 13.3 Å². The fourth-order valence-electron chi connectivity index (χ4n) is 1.59. The Morgan fingerprint density at radius 1 is 1.47 bits per heavy atom. The first-order valence-electron chi connectivity index (χ1n) is 5.03. The van der Waals surface area contributed by atoms with E-state index in [4.69, 9.17) is 0 Å². The Morgan fingerprint density at radius 3 is 3.00 bits per heavy atom. The zero-order valence-electron chi connectivity index (χ0n) is 8.85. The minimum Gasteiger partial charge on any atom is -0.259 e. The second kappa shape index (κ2) is 3.81. The molecule has 2 nitrogen and oxygen atoms in total. The molecule has 1 aromatic rings. The highest BCUT2D eigenvalue weighted by Crippen LogP contribution is 2.29. The zero-order valence-corrected chi connectivity index (χ0v) is 8.85. The Morgan fingerprint density at radius 2 is 2.33 bits per heavy atom. The summed E-state index contributed by atoms with van der Waals surface area (Å²) in [5, 5.41) is 0. The topological polar surface area (TPSA) is 25.2 Å². The highest BCUT2D eigenvalue weighted by Gasteiger charge is 2.23. The van der Waals surface area contributed by atoms with Crippen molar-refractivity contribution in [3.63, 3.8) is 0 Å². The van der Waals surface area contributed by atoms with Crippen molar-refractivity contribution in [2.24, 2.45) is 10.4 Å². The Hall–Kier alpha value is -1.70. The van der Waals surface area contributed by atoms with E-state index >= 15 is 0 Å². The molecule has 2 rings (SSSR count). The molecule has 2 heteroatoms. The summed E-state index contributed by atoms with van der Waals surface area (Å²) in [7, 11) is 0. The molecule has 1 aromatic heterocycles. The molecule has 15 heavy (non-hydrogen) atoms. The van der Waals surface area contributed by atoms with E-state index in [0.717, 1.165) is 17.8 Å². The van der Waals surface area contributed by atoms with Crippen molar-refractivity contribution in [2.75, 3.05) is 0 Å². The molecule has 1 aliphatic heterocycles. The quantitative estimate of drug-likeness (QED) is 0.671. The maximum Gasteiger partial charge on any atom is 0.0844 e. The summed E-state index contributed by atoms with van der Waals surface area (Å²) in [6, 6.07) is 5.88. The van der Waals surface area contributed by atoms with E-state index in [1.165, 1.54) is 0 Å². The highest BCUT2D eigenvalue weighted by atomic mass is 14.8. The molecule has 0 aromatic carbocycles. The van der Waals surface area contributed by atoms with Crippen molar-refractivity contribution in [1.82, 2.24) is 4.98 Å². The van der Waals surface area contributed by atoms with Gasteiger partial charge in [0.25, 0.3) is 0 Å². The molecule has 0 saturated heterocycles. The second-order valence-corrected chi connectivity index (χ2v) is 3.99. The summed E-state index contributed by atoms with van der Waals surface area (Å²) in [5.41, 5.74) is 1.99. The Balaban J connectivity index is 2.30. The third-order valence-corrected chi connectivity index (χ3v) is 2.66. The van der Waals surface area contributed by atoms with E-state index < -0.39 is 0 Å². The Labute approximate surface area is 90.1 Å². The number of aliphatic imine (C=N–C) groups is 1. The molecule has 1 aliphatic rings. The molecule has 0 bridgehead atoms. The number of hydrogen-bond acceptors (Lipinski definition) is 2. The van der Waals surface area contributed by atoms with E-state index in [1.807, 2.05) is 30.5 Å². The molecule has 1 atom stereocenters. The summed E-state index contributed by atoms with van der Waals surface area (Å²) in [6.45, 7) is 6.00. The third-order valence-electron chi connectivity index (χ3n) is 2.66. The van der Waals surface area contributed by atoms with E-state index in [9.17, 15) is 0 Å². The Bertz CT molecular complexity index is 417. The van der Waals surface area contributed by atoms with Gasteiger partial charge in [-0.05, 0) is 12.1 Å². The zero-order chi connectivity index (χ0) is 10.7. The van der Waals surface area contributed by atoms with Crippen LogP contribution in [0.3, 0.4) is 0 Å². The van der Waals surface area contributed by atoms with Gasteiger partial charge in [-0.2, -0.15) is 0 Å². The van der Waals surface area contributed by atoms with Gasteiger partial charge < -0.3 is 0 Å². The normalized spacial score (nSPS) is 24.7. The van der Waals surface area contributed by atoms with Gasteiger partial charge in [0.2, 0.25) is 0 Å². The van der Waals surface area contributed by atoms with Crippen LogP contribution in [0.5, 0.6) is 0 Å². The number of hydrogen-bond donors (Lipinski definition) is 0. The summed E-state index contributed by atoms with van der Waals surface area (Å²) < 4.78 is 0. The number of pyridine rings is 1. The van der Waals surface area contributed by atoms with Crippen molar-refractivity contribution in [3.8, 4) is 0 Å². The van der Waals surface area contributed by atoms with Crippen LogP contribution in [0.15, 0.2) is 54.3 Å². The minimum atomic E-state index is 0.00854. The molecule has 0 fully saturated rings. The van der Waals surface area contributed by atoms with Gasteiger partial charge in [-0.15, -0.1) is 6.58 Å². The van der Waals surface area contributed by atoms with Crippen LogP contribution in [0.25, 0.3) is 0 Å². The lowest BCUT2D eigenvalue weighted by atomic mass is 9.83. The fourth-order valence-corrected chi connectivity index (χ4v) is 1.59. The summed E-state index contributed by atoms with van der Waals surface area (Å²) in [6.07, 6.45) is 8.54. The minimum absolute atomic E-state index is 0.00854. The fraction of sp³-hybridized carbons (Fsp3) is 0.231. The van der Waals surface area contributed by atoms with Gasteiger partial charge in [0, 0.05) is 24.2 Å². The predicted octanol–water partition coefficient (Wildman–Crippen LogP) is 2.98. The monoisotopic (exact) mass is 198 g/mol. The van der Waals surface area contributed by atoms with Gasteiger partial charge in [0.05, 0.1) is 11.4 Å². The Kier molecular flexibility index (Phi) is 2.50. The van der Waals surface area contributed by atoms with E-state index in [-0.39, 0.29) is 5.41 Å². The molecule has 0 radical (unpaired) electrons. The maximum absolute atomic E-state index is 4.37. The first-order valence-corrected chi connectivity index (χ1v) is 5.03. The molecule has 0 N–H and O–H groups in total. The largest absolute Gasteiger partial charge is 0.259 e. The van der Waals surface area contributed by atoms with Gasteiger partial charge in [-0.3, -0.25) is 9.98 Å². The van der Waals surface area contributed by atoms with Crippen LogP contribution in [0, 0.1) is 5.41 Å². The molecule has 0 amide bonds. The number of rotatable bonds is 2. The lowest BCUT2D eigenvalue weighted by Crippen LogP contribution is -2.19. The van der Waals surface area contributed by atoms with Crippen LogP contribution in [0.2, 0.25) is 0 Å². The molecule has 0 spiro atoms. The molecule has 0 saturated carbocycles. The van der Waals surface area contributed by atoms with Gasteiger partial charge in [-0.25, -0.2) is 0 Å². The van der Waals surface area contributed by atoms with Crippen LogP contribution >= 0.6 is 0 Å². The van der Waals surface area contributed by atoms with Crippen LogP contribution in [0.1, 0.15) is 19.0 Å². The molecule has 2 heterocycles. The summed E-state index contributed by atoms with van der Waals surface area (Å²) >= 11 is 0. The third kappa shape index (κ3) is 2.04. The van der Waals surface area contributed by atoms with E-state index in [1.54, 1.807) is 6.20 Å². The number of aromatic nitrogens is 1. The smallest absolute Gasteiger partial charge is 0.0844 e. The first kappa shape index (κ1) is 9.84. The van der Waals surface area contributed by atoms with E-state index in [0.29, 0.717) is 0 Å². The van der Waals surface area contributed by atoms with E-state index in [2.05, 4.69) is 29.6 Å². The van der Waals surface area contributed by atoms with Crippen molar-refractivity contribution < 1.29 is 0 Å². The standard InChI is InChI=1S/C13H14N2/c1-3-13(2)7-9-15-12(10-13)11-6-4-5-8-14-11/h3-9H,1,10H2,2H3. The first-order chi connectivity index (χ1) is 7.23. The molecule has 1 unspecified atom stereocenters. The average molecular weight is 198 g/mol. The van der Waals surface area contributed by atoms with Gasteiger partial charge >= 0.3 is 0 Å². The molecular formula is C13H14N2. The predicted molar refractivity (Wildman–Crippen MR) is 62.8 cm³/mol. The number of nitrogens with zero attached hydrogens (tertiary/aromatic N) is 2. The van der Waals surface area contributed by atoms with Crippen LogP contribution in [-0.2, 0) is 0 Å². The second-order valence-electron chi connectivity index (χ2n) is 3.99. The lowest BCUT2D eigenvalue weighted by molar-refractivity contribution is 0.573. The molecule has 0 aliphatic carbocycles. The molecular weight excluding hydrogens is 184 g/mol. The highest BCUT2D eigenvalue weighted by molar-refractivity contribution is 6.00. The van der Waals surface area contributed by atoms with Gasteiger partial charge in [0.1, 0.15) is 0 Å². The molecule has 76 valence electrons. The van der Waals surface area contributed by atoms with Crippen molar-refractivity contribution in [3.05, 3.63) is 55.0 Å². The summed E-state index contributed by atoms with van der Waals surface area (Å²) in [5.74, 6) is 0. The van der Waals surface area contributed by atoms with Crippen LogP contribution in [-0.4, -0.2) is 10.7 Å². The van der Waals surface area contributed by atoms with Crippen LogP contribution < -0.4 is 0 Å². The van der Waals surface area contributed by atoms with Crippen LogP contribution in [0.4, 0.5) is 0 Å². The lowest BCUT2D eigenvalue weighted by Gasteiger charge is -2.24. The maximum atomic E-state index is 4.37. The summed E-state index contributed by atoms with van der Waals surface area (Å²) in [4.78, 5) is 8.67. The van der Waals surface area contributed by atoms with Crippen molar-refractivity contribution >= 4 is 5.71 Å². The van der Waals surface area contributed by atoms with Gasteiger partial charge in [0.15, 0.2) is 0 Å². The van der Waals surface area contributed by atoms with Gasteiger partial charge in [-0.1, -0.05) is 25.1 Å². The SMILES string of the molecule is C=CC1(C)C=CN=C(c2ccccn2)C1. The number of allylic oxidation sites excluding steroid dienone is 2.